The number of aromatic nitrogens is 4. The van der Waals surface area contributed by atoms with Crippen LogP contribution in [-0.4, -0.2) is 31.3 Å². The van der Waals surface area contributed by atoms with Gasteiger partial charge in [-0.05, 0) is 25.5 Å². The number of rotatable bonds is 5. The first-order chi connectivity index (χ1) is 10.5. The molecule has 0 aliphatic carbocycles. The minimum Gasteiger partial charge on any atom is -0.310 e. The van der Waals surface area contributed by atoms with Gasteiger partial charge in [-0.15, -0.1) is 10.2 Å². The van der Waals surface area contributed by atoms with Crippen LogP contribution in [0.5, 0.6) is 0 Å². The molecule has 2 heterocycles. The van der Waals surface area contributed by atoms with Crippen molar-refractivity contribution in [3.05, 3.63) is 39.4 Å². The van der Waals surface area contributed by atoms with Crippen molar-refractivity contribution < 1.29 is 4.79 Å². The third kappa shape index (κ3) is 4.28. The molecule has 0 bridgehead atoms. The van der Waals surface area contributed by atoms with E-state index in [0.717, 1.165) is 11.8 Å². The molecule has 2 aromatic heterocycles. The number of halogens is 1. The van der Waals surface area contributed by atoms with Crippen LogP contribution in [0.4, 0.5) is 5.82 Å². The summed E-state index contributed by atoms with van der Waals surface area (Å²) >= 11 is 6.89. The molecule has 0 saturated heterocycles. The van der Waals surface area contributed by atoms with Gasteiger partial charge in [0.2, 0.25) is 5.91 Å². The van der Waals surface area contributed by atoms with Gasteiger partial charge in [-0.3, -0.25) is 14.6 Å². The van der Waals surface area contributed by atoms with E-state index in [-0.39, 0.29) is 17.2 Å². The second-order valence-corrected chi connectivity index (χ2v) is 6.04. The molecule has 0 aliphatic heterocycles. The van der Waals surface area contributed by atoms with Crippen LogP contribution in [0.1, 0.15) is 19.0 Å². The fourth-order valence-corrected chi connectivity index (χ4v) is 2.50. The number of nitrogens with one attached hydrogen (secondary N) is 2. The summed E-state index contributed by atoms with van der Waals surface area (Å²) in [6, 6.07) is 3.26. The maximum atomic E-state index is 12.2. The number of hydrogen-bond acceptors (Lipinski definition) is 6. The van der Waals surface area contributed by atoms with E-state index >= 15 is 0 Å². The molecule has 1 atom stereocenters. The van der Waals surface area contributed by atoms with Crippen LogP contribution < -0.4 is 10.9 Å². The molecule has 0 unspecified atom stereocenters. The van der Waals surface area contributed by atoms with Gasteiger partial charge in [-0.2, -0.15) is 0 Å². The molecule has 2 aromatic rings. The van der Waals surface area contributed by atoms with Crippen LogP contribution in [-0.2, 0) is 4.79 Å². The lowest BCUT2D eigenvalue weighted by atomic mass is 10.3. The van der Waals surface area contributed by atoms with E-state index in [4.69, 9.17) is 11.6 Å². The van der Waals surface area contributed by atoms with Crippen LogP contribution in [0.25, 0.3) is 0 Å². The highest BCUT2D eigenvalue weighted by Crippen LogP contribution is 2.22. The van der Waals surface area contributed by atoms with Crippen molar-refractivity contribution in [3.8, 4) is 0 Å². The Morgan fingerprint density at radius 1 is 1.45 bits per heavy atom. The van der Waals surface area contributed by atoms with E-state index < -0.39 is 5.25 Å². The van der Waals surface area contributed by atoms with Gasteiger partial charge in [-0.25, -0.2) is 4.98 Å². The Bertz CT molecular complexity index is 719. The maximum absolute atomic E-state index is 12.2. The summed E-state index contributed by atoms with van der Waals surface area (Å²) in [6.07, 6.45) is 2.01. The van der Waals surface area contributed by atoms with Crippen molar-refractivity contribution in [2.24, 2.45) is 0 Å². The Labute approximate surface area is 135 Å². The van der Waals surface area contributed by atoms with Crippen molar-refractivity contribution in [2.75, 3.05) is 5.32 Å². The van der Waals surface area contributed by atoms with Crippen LogP contribution >= 0.6 is 23.4 Å². The first-order valence-corrected chi connectivity index (χ1v) is 7.78. The minimum absolute atomic E-state index is 0.231. The van der Waals surface area contributed by atoms with Crippen molar-refractivity contribution in [1.82, 2.24) is 20.2 Å². The molecule has 7 nitrogen and oxygen atoms in total. The molecule has 9 heteroatoms. The minimum atomic E-state index is -0.426. The predicted octanol–water partition coefficient (Wildman–Crippen LogP) is 2.03. The molecular weight excluding hydrogens is 326 g/mol. The number of thioether (sulfide) groups is 1. The first-order valence-electron chi connectivity index (χ1n) is 6.52. The predicted molar refractivity (Wildman–Crippen MR) is 85.2 cm³/mol. The largest absolute Gasteiger partial charge is 0.310 e. The van der Waals surface area contributed by atoms with Crippen molar-refractivity contribution in [2.45, 2.75) is 30.7 Å². The molecule has 0 saturated carbocycles. The van der Waals surface area contributed by atoms with Crippen molar-refractivity contribution in [1.29, 1.82) is 0 Å². The van der Waals surface area contributed by atoms with E-state index in [1.54, 1.807) is 19.1 Å². The van der Waals surface area contributed by atoms with Gasteiger partial charge in [-0.1, -0.05) is 30.3 Å². The number of aromatic amines is 1. The Morgan fingerprint density at radius 2 is 2.23 bits per heavy atom. The number of H-pyrrole nitrogens is 1. The number of hydrogen-bond donors (Lipinski definition) is 2. The van der Waals surface area contributed by atoms with Gasteiger partial charge in [0.15, 0.2) is 5.16 Å². The fraction of sp³-hybridized carbons (Fsp3) is 0.308. The Kier molecular flexibility index (Phi) is 5.51. The highest BCUT2D eigenvalue weighted by molar-refractivity contribution is 8.00. The Hall–Kier alpha value is -1.93. The molecule has 22 heavy (non-hydrogen) atoms. The molecule has 0 fully saturated rings. The summed E-state index contributed by atoms with van der Waals surface area (Å²) in [5.74, 6) is 0.183. The Morgan fingerprint density at radius 3 is 2.82 bits per heavy atom. The second kappa shape index (κ2) is 7.37. The summed E-state index contributed by atoms with van der Waals surface area (Å²) < 4.78 is 0. The fourth-order valence-electron chi connectivity index (χ4n) is 1.54. The zero-order valence-corrected chi connectivity index (χ0v) is 13.5. The monoisotopic (exact) mass is 339 g/mol. The van der Waals surface area contributed by atoms with Gasteiger partial charge >= 0.3 is 0 Å². The molecule has 2 rings (SSSR count). The number of carbonyl (C=O) groups is 1. The standard InChI is InChI=1S/C13H14ClN5O2S/c1-3-9(22-13-17-11(20)7(2)18-19-13)12(21)16-10-5-4-8(14)6-15-10/h4-6,9H,3H2,1-2H3,(H,15,16,21)(H,17,19,20)/t9-/m1/s1. The van der Waals surface area contributed by atoms with E-state index in [2.05, 4.69) is 25.5 Å². The van der Waals surface area contributed by atoms with Crippen molar-refractivity contribution in [3.63, 3.8) is 0 Å². The summed E-state index contributed by atoms with van der Waals surface area (Å²) in [5.41, 5.74) is -0.0284. The quantitative estimate of drug-likeness (QED) is 0.808. The van der Waals surface area contributed by atoms with E-state index in [1.165, 1.54) is 6.20 Å². The van der Waals surface area contributed by atoms with E-state index in [1.807, 2.05) is 6.92 Å². The number of aryl methyl sites for hydroxylation is 1. The zero-order valence-electron chi connectivity index (χ0n) is 12.0. The number of amides is 1. The maximum Gasteiger partial charge on any atom is 0.273 e. The number of pyridine rings is 1. The summed E-state index contributed by atoms with van der Waals surface area (Å²) in [5, 5.41) is 10.7. The molecule has 116 valence electrons. The molecule has 2 N–H and O–H groups in total. The Balaban J connectivity index is 2.06. The number of anilines is 1. The lowest BCUT2D eigenvalue weighted by Crippen LogP contribution is -2.26. The molecule has 0 aromatic carbocycles. The van der Waals surface area contributed by atoms with Crippen LogP contribution in [0.15, 0.2) is 28.3 Å². The number of carbonyl (C=O) groups excluding carboxylic acids is 1. The second-order valence-electron chi connectivity index (χ2n) is 4.41. The lowest BCUT2D eigenvalue weighted by Gasteiger charge is -2.13. The average molecular weight is 340 g/mol. The van der Waals surface area contributed by atoms with Gasteiger partial charge < -0.3 is 5.32 Å². The summed E-state index contributed by atoms with van der Waals surface area (Å²) in [4.78, 5) is 30.3. The third-order valence-electron chi connectivity index (χ3n) is 2.74. The summed E-state index contributed by atoms with van der Waals surface area (Å²) in [6.45, 7) is 3.43. The average Bonchev–Trinajstić information content (AvgIpc) is 2.50. The van der Waals surface area contributed by atoms with Crippen molar-refractivity contribution >= 4 is 35.1 Å². The third-order valence-corrected chi connectivity index (χ3v) is 4.20. The van der Waals surface area contributed by atoms with Gasteiger partial charge in [0, 0.05) is 6.20 Å². The van der Waals surface area contributed by atoms with Gasteiger partial charge in [0.1, 0.15) is 11.5 Å². The van der Waals surface area contributed by atoms with Crippen LogP contribution in [0.2, 0.25) is 5.02 Å². The molecular formula is C13H14ClN5O2S. The first kappa shape index (κ1) is 16.4. The molecule has 0 aliphatic rings. The molecule has 0 radical (unpaired) electrons. The lowest BCUT2D eigenvalue weighted by molar-refractivity contribution is -0.115. The molecule has 0 spiro atoms. The van der Waals surface area contributed by atoms with Crippen LogP contribution in [0, 0.1) is 6.92 Å². The van der Waals surface area contributed by atoms with Gasteiger partial charge in [0.05, 0.1) is 10.3 Å². The molecule has 1 amide bonds. The SMILES string of the molecule is CC[C@@H](Sc1nnc(C)c(=O)[nH]1)C(=O)Nc1ccc(Cl)cn1. The van der Waals surface area contributed by atoms with E-state index in [0.29, 0.717) is 22.4 Å². The highest BCUT2D eigenvalue weighted by Gasteiger charge is 2.20. The van der Waals surface area contributed by atoms with Gasteiger partial charge in [0.25, 0.3) is 5.56 Å². The smallest absolute Gasteiger partial charge is 0.273 e. The van der Waals surface area contributed by atoms with Crippen LogP contribution in [0.3, 0.4) is 0 Å². The summed E-state index contributed by atoms with van der Waals surface area (Å²) in [7, 11) is 0. The normalized spacial score (nSPS) is 12.0. The highest BCUT2D eigenvalue weighted by atomic mass is 35.5. The topological polar surface area (TPSA) is 101 Å². The number of nitrogens with zero attached hydrogens (tertiary/aromatic N) is 3. The zero-order chi connectivity index (χ0) is 16.1. The van der Waals surface area contributed by atoms with E-state index in [9.17, 15) is 9.59 Å².